The first-order valence-electron chi connectivity index (χ1n) is 8.28. The number of amides is 1. The van der Waals surface area contributed by atoms with E-state index < -0.39 is 43.2 Å². The fourth-order valence-corrected chi connectivity index (χ4v) is 2.77. The molecule has 144 valence electrons. The van der Waals surface area contributed by atoms with Gasteiger partial charge in [-0.3, -0.25) is 4.79 Å². The largest absolute Gasteiger partial charge is 0.493 e. The molecular weight excluding hydrogens is 342 g/mol. The zero-order valence-corrected chi connectivity index (χ0v) is 15.0. The summed E-state index contributed by atoms with van der Waals surface area (Å²) >= 11 is 0. The Labute approximate surface area is 152 Å². The van der Waals surface area contributed by atoms with Crippen LogP contribution in [0.25, 0.3) is 6.08 Å². The Bertz CT molecular complexity index is 648. The van der Waals surface area contributed by atoms with E-state index in [1.165, 1.54) is 14.0 Å². The molecule has 2 rings (SSSR count). The van der Waals surface area contributed by atoms with Gasteiger partial charge in [0.25, 0.3) is 0 Å². The van der Waals surface area contributed by atoms with Gasteiger partial charge in [0.05, 0.1) is 13.7 Å². The van der Waals surface area contributed by atoms with Gasteiger partial charge in [0.15, 0.2) is 11.5 Å². The Kier molecular flexibility index (Phi) is 6.98. The highest BCUT2D eigenvalue weighted by Gasteiger charge is 2.46. The first-order valence-corrected chi connectivity index (χ1v) is 8.28. The standard InChI is InChI=1S/C18H25NO7/c1-4-5-11-6-7-12(13(8-11)24-3)25-18-15(19-10(2)21)17(23)16(22)14(9-20)26-18/h4-8,14-18,20,22-23H,9H2,1-3H3,(H,19,21)/b5-4+/t14-,15+,16+,17-,18-/m0/s1. The van der Waals surface area contributed by atoms with Gasteiger partial charge in [-0.2, -0.15) is 0 Å². The molecule has 4 N–H and O–H groups in total. The lowest BCUT2D eigenvalue weighted by Crippen LogP contribution is -2.65. The maximum absolute atomic E-state index is 11.5. The predicted molar refractivity (Wildman–Crippen MR) is 93.7 cm³/mol. The molecule has 1 aromatic rings. The molecule has 1 aliphatic rings. The number of aliphatic hydroxyl groups is 3. The third kappa shape index (κ3) is 4.53. The molecule has 1 saturated heterocycles. The molecular formula is C18H25NO7. The summed E-state index contributed by atoms with van der Waals surface area (Å²) in [5.74, 6) is 0.351. The number of rotatable bonds is 6. The second kappa shape index (κ2) is 9.00. The number of benzene rings is 1. The van der Waals surface area contributed by atoms with Crippen LogP contribution in [0.2, 0.25) is 0 Å². The van der Waals surface area contributed by atoms with Gasteiger partial charge in [-0.15, -0.1) is 0 Å². The van der Waals surface area contributed by atoms with Gasteiger partial charge in [-0.1, -0.05) is 18.2 Å². The molecule has 1 aliphatic heterocycles. The van der Waals surface area contributed by atoms with E-state index in [1.54, 1.807) is 12.1 Å². The smallest absolute Gasteiger partial charge is 0.223 e. The minimum Gasteiger partial charge on any atom is -0.493 e. The summed E-state index contributed by atoms with van der Waals surface area (Å²) in [5.41, 5.74) is 0.906. The summed E-state index contributed by atoms with van der Waals surface area (Å²) in [7, 11) is 1.49. The Hall–Kier alpha value is -2.13. The number of methoxy groups -OCH3 is 1. The monoisotopic (exact) mass is 367 g/mol. The van der Waals surface area contributed by atoms with Crippen LogP contribution in [0.4, 0.5) is 0 Å². The van der Waals surface area contributed by atoms with Crippen LogP contribution in [0.3, 0.4) is 0 Å². The Morgan fingerprint density at radius 3 is 2.62 bits per heavy atom. The summed E-state index contributed by atoms with van der Waals surface area (Å²) in [5, 5.41) is 32.2. The van der Waals surface area contributed by atoms with Crippen molar-refractivity contribution in [2.75, 3.05) is 13.7 Å². The highest BCUT2D eigenvalue weighted by Crippen LogP contribution is 2.32. The molecule has 0 bridgehead atoms. The Balaban J connectivity index is 2.29. The van der Waals surface area contributed by atoms with Crippen LogP contribution in [0.5, 0.6) is 11.5 Å². The van der Waals surface area contributed by atoms with Gasteiger partial charge in [0, 0.05) is 6.92 Å². The number of carbonyl (C=O) groups excluding carboxylic acids is 1. The molecule has 0 aromatic heterocycles. The van der Waals surface area contributed by atoms with Crippen LogP contribution in [-0.4, -0.2) is 65.6 Å². The molecule has 0 aliphatic carbocycles. The zero-order chi connectivity index (χ0) is 19.3. The van der Waals surface area contributed by atoms with Gasteiger partial charge in [0.1, 0.15) is 24.4 Å². The maximum Gasteiger partial charge on any atom is 0.223 e. The topological polar surface area (TPSA) is 117 Å². The van der Waals surface area contributed by atoms with Crippen molar-refractivity contribution in [1.82, 2.24) is 5.32 Å². The van der Waals surface area contributed by atoms with Crippen LogP contribution < -0.4 is 14.8 Å². The SMILES string of the molecule is C/C=C/c1ccc(O[C@H]2O[C@@H](CO)[C@@H](O)[C@@H](O)[C@H]2NC(C)=O)c(OC)c1. The van der Waals surface area contributed by atoms with Crippen LogP contribution in [-0.2, 0) is 9.53 Å². The minimum absolute atomic E-state index is 0.335. The molecule has 0 saturated carbocycles. The molecule has 1 fully saturated rings. The van der Waals surface area contributed by atoms with Crippen molar-refractivity contribution < 1.29 is 34.3 Å². The first kappa shape index (κ1) is 20.2. The lowest BCUT2D eigenvalue weighted by Gasteiger charge is -2.42. The minimum atomic E-state index is -1.37. The van der Waals surface area contributed by atoms with Crippen molar-refractivity contribution >= 4 is 12.0 Å². The lowest BCUT2D eigenvalue weighted by molar-refractivity contribution is -0.244. The van der Waals surface area contributed by atoms with E-state index in [9.17, 15) is 20.1 Å². The van der Waals surface area contributed by atoms with E-state index >= 15 is 0 Å². The van der Waals surface area contributed by atoms with E-state index in [-0.39, 0.29) is 0 Å². The van der Waals surface area contributed by atoms with Crippen LogP contribution in [0, 0.1) is 0 Å². The fourth-order valence-electron chi connectivity index (χ4n) is 2.77. The molecule has 5 atom stereocenters. The van der Waals surface area contributed by atoms with Crippen molar-refractivity contribution in [1.29, 1.82) is 0 Å². The zero-order valence-electron chi connectivity index (χ0n) is 15.0. The van der Waals surface area contributed by atoms with Crippen molar-refractivity contribution in [2.45, 2.75) is 44.5 Å². The van der Waals surface area contributed by atoms with Crippen LogP contribution in [0.1, 0.15) is 19.4 Å². The summed E-state index contributed by atoms with van der Waals surface area (Å²) < 4.78 is 16.7. The molecule has 1 amide bonds. The lowest BCUT2D eigenvalue weighted by atomic mass is 9.97. The van der Waals surface area contributed by atoms with E-state index in [1.807, 2.05) is 25.1 Å². The summed E-state index contributed by atoms with van der Waals surface area (Å²) in [6.45, 7) is 2.66. The first-order chi connectivity index (χ1) is 12.4. The molecule has 8 heteroatoms. The summed E-state index contributed by atoms with van der Waals surface area (Å²) in [6, 6.07) is 4.22. The molecule has 0 radical (unpaired) electrons. The third-order valence-electron chi connectivity index (χ3n) is 4.04. The average Bonchev–Trinajstić information content (AvgIpc) is 2.62. The van der Waals surface area contributed by atoms with Gasteiger partial charge < -0.3 is 34.8 Å². The third-order valence-corrected chi connectivity index (χ3v) is 4.04. The highest BCUT2D eigenvalue weighted by molar-refractivity contribution is 5.73. The number of ether oxygens (including phenoxy) is 3. The van der Waals surface area contributed by atoms with E-state index in [2.05, 4.69) is 5.32 Å². The Morgan fingerprint density at radius 2 is 2.04 bits per heavy atom. The Morgan fingerprint density at radius 1 is 1.31 bits per heavy atom. The van der Waals surface area contributed by atoms with Crippen LogP contribution in [0.15, 0.2) is 24.3 Å². The molecule has 1 heterocycles. The van der Waals surface area contributed by atoms with Gasteiger partial charge in [-0.05, 0) is 24.6 Å². The summed E-state index contributed by atoms with van der Waals surface area (Å²) in [4.78, 5) is 11.5. The molecule has 26 heavy (non-hydrogen) atoms. The maximum atomic E-state index is 11.5. The summed E-state index contributed by atoms with van der Waals surface area (Å²) in [6.07, 6.45) is -1.13. The number of hydrogen-bond acceptors (Lipinski definition) is 7. The predicted octanol–water partition coefficient (Wildman–Crippen LogP) is 0.0508. The molecule has 0 unspecified atom stereocenters. The van der Waals surface area contributed by atoms with Crippen molar-refractivity contribution in [3.05, 3.63) is 29.8 Å². The van der Waals surface area contributed by atoms with E-state index in [4.69, 9.17) is 14.2 Å². The van der Waals surface area contributed by atoms with Crippen LogP contribution >= 0.6 is 0 Å². The highest BCUT2D eigenvalue weighted by atomic mass is 16.7. The van der Waals surface area contributed by atoms with Crippen molar-refractivity contribution in [2.24, 2.45) is 0 Å². The number of nitrogens with one attached hydrogen (secondary N) is 1. The fraction of sp³-hybridized carbons (Fsp3) is 0.500. The number of allylic oxidation sites excluding steroid dienone is 1. The second-order valence-electron chi connectivity index (χ2n) is 5.96. The molecule has 0 spiro atoms. The van der Waals surface area contributed by atoms with E-state index in [0.29, 0.717) is 11.5 Å². The van der Waals surface area contributed by atoms with Gasteiger partial charge >= 0.3 is 0 Å². The average molecular weight is 367 g/mol. The van der Waals surface area contributed by atoms with E-state index in [0.717, 1.165) is 5.56 Å². The second-order valence-corrected chi connectivity index (χ2v) is 5.96. The number of aliphatic hydroxyl groups excluding tert-OH is 3. The number of carbonyl (C=O) groups is 1. The number of hydrogen-bond donors (Lipinski definition) is 4. The van der Waals surface area contributed by atoms with Crippen molar-refractivity contribution in [3.8, 4) is 11.5 Å². The molecule has 1 aromatic carbocycles. The van der Waals surface area contributed by atoms with Crippen molar-refractivity contribution in [3.63, 3.8) is 0 Å². The quantitative estimate of drug-likeness (QED) is 0.561. The normalized spacial score (nSPS) is 28.8. The van der Waals surface area contributed by atoms with Gasteiger partial charge in [-0.25, -0.2) is 0 Å². The van der Waals surface area contributed by atoms with Gasteiger partial charge in [0.2, 0.25) is 12.2 Å². The molecule has 8 nitrogen and oxygen atoms in total.